The zero-order valence-corrected chi connectivity index (χ0v) is 15.6. The van der Waals surface area contributed by atoms with Gasteiger partial charge in [-0.3, -0.25) is 14.6 Å². The summed E-state index contributed by atoms with van der Waals surface area (Å²) in [5.74, 6) is 0.887. The van der Waals surface area contributed by atoms with Crippen LogP contribution in [0, 0.1) is 0 Å². The lowest BCUT2D eigenvalue weighted by Crippen LogP contribution is -2.49. The predicted octanol–water partition coefficient (Wildman–Crippen LogP) is 2.94. The van der Waals surface area contributed by atoms with E-state index in [1.54, 1.807) is 18.3 Å². The number of carbonyl (C=O) groups excluding carboxylic acids is 2. The molecule has 0 aliphatic carbocycles. The number of piperazine rings is 1. The molecule has 1 saturated heterocycles. The normalized spacial score (nSPS) is 14.3. The van der Waals surface area contributed by atoms with Crippen LogP contribution in [0.1, 0.15) is 23.2 Å². The second-order valence-electron chi connectivity index (χ2n) is 6.87. The highest BCUT2D eigenvalue weighted by Gasteiger charge is 2.22. The van der Waals surface area contributed by atoms with E-state index in [-0.39, 0.29) is 24.5 Å². The van der Waals surface area contributed by atoms with E-state index in [0.717, 1.165) is 16.9 Å². The van der Waals surface area contributed by atoms with Crippen LogP contribution in [0.25, 0.3) is 11.0 Å². The molecule has 0 N–H and O–H groups in total. The summed E-state index contributed by atoms with van der Waals surface area (Å²) in [7, 11) is 0. The maximum absolute atomic E-state index is 12.5. The Morgan fingerprint density at radius 1 is 0.821 bits per heavy atom. The predicted molar refractivity (Wildman–Crippen MR) is 108 cm³/mol. The first-order valence-electron chi connectivity index (χ1n) is 9.53. The fraction of sp³-hybridized carbons (Fsp3) is 0.273. The van der Waals surface area contributed by atoms with Gasteiger partial charge in [0.25, 0.3) is 0 Å². The van der Waals surface area contributed by atoms with Gasteiger partial charge in [-0.1, -0.05) is 42.5 Å². The summed E-state index contributed by atoms with van der Waals surface area (Å²) < 4.78 is 0. The number of Topliss-reactive ketones (excluding diaryl/α,β-unsaturated/α-hetero) is 1. The minimum atomic E-state index is 0.0130. The third-order valence-electron chi connectivity index (χ3n) is 5.05. The molecular weight excluding hydrogens is 352 g/mol. The first kappa shape index (κ1) is 18.1. The minimum absolute atomic E-state index is 0.0130. The van der Waals surface area contributed by atoms with Crippen LogP contribution in [0.2, 0.25) is 0 Å². The van der Waals surface area contributed by atoms with E-state index in [4.69, 9.17) is 0 Å². The van der Waals surface area contributed by atoms with E-state index >= 15 is 0 Å². The van der Waals surface area contributed by atoms with Crippen LogP contribution < -0.4 is 4.90 Å². The number of anilines is 1. The lowest BCUT2D eigenvalue weighted by molar-refractivity contribution is -0.131. The van der Waals surface area contributed by atoms with E-state index < -0.39 is 0 Å². The Balaban J connectivity index is 1.30. The molecule has 1 fully saturated rings. The van der Waals surface area contributed by atoms with Crippen molar-refractivity contribution in [2.24, 2.45) is 0 Å². The molecule has 0 unspecified atom stereocenters. The quantitative estimate of drug-likeness (QED) is 0.643. The van der Waals surface area contributed by atoms with E-state index in [1.807, 2.05) is 47.4 Å². The number of nitrogens with zero attached hydrogens (tertiary/aromatic N) is 4. The molecule has 0 saturated carbocycles. The molecule has 4 rings (SSSR count). The Hall–Kier alpha value is -3.28. The Labute approximate surface area is 163 Å². The van der Waals surface area contributed by atoms with Crippen LogP contribution in [0.5, 0.6) is 0 Å². The SMILES string of the molecule is O=C(CCC(=O)N1CCN(c2cnc3ccccc3n2)CC1)c1ccccc1. The van der Waals surface area contributed by atoms with Crippen LogP contribution in [0.4, 0.5) is 5.82 Å². The molecule has 2 aromatic carbocycles. The smallest absolute Gasteiger partial charge is 0.223 e. The fourth-order valence-electron chi connectivity index (χ4n) is 3.43. The number of hydrogen-bond acceptors (Lipinski definition) is 5. The van der Waals surface area contributed by atoms with Gasteiger partial charge in [-0.05, 0) is 12.1 Å². The molecule has 1 aliphatic rings. The molecule has 0 spiro atoms. The standard InChI is InChI=1S/C22H22N4O2/c27-20(17-6-2-1-3-7-17)10-11-22(28)26-14-12-25(13-15-26)21-16-23-18-8-4-5-9-19(18)24-21/h1-9,16H,10-15H2. The number of aromatic nitrogens is 2. The van der Waals surface area contributed by atoms with Crippen molar-refractivity contribution in [3.8, 4) is 0 Å². The molecule has 6 nitrogen and oxygen atoms in total. The monoisotopic (exact) mass is 374 g/mol. The minimum Gasteiger partial charge on any atom is -0.352 e. The molecule has 1 aromatic heterocycles. The van der Waals surface area contributed by atoms with Crippen molar-refractivity contribution in [1.29, 1.82) is 0 Å². The molecule has 142 valence electrons. The molecule has 1 aliphatic heterocycles. The van der Waals surface area contributed by atoms with Crippen LogP contribution in [0.3, 0.4) is 0 Å². The van der Waals surface area contributed by atoms with Crippen LogP contribution in [0.15, 0.2) is 60.8 Å². The Morgan fingerprint density at radius 2 is 1.50 bits per heavy atom. The Kier molecular flexibility index (Phi) is 5.28. The topological polar surface area (TPSA) is 66.4 Å². The summed E-state index contributed by atoms with van der Waals surface area (Å²) in [6.07, 6.45) is 2.29. The van der Waals surface area contributed by atoms with Gasteiger partial charge in [0.2, 0.25) is 5.91 Å². The number of para-hydroxylation sites is 2. The van der Waals surface area contributed by atoms with Gasteiger partial charge in [0.15, 0.2) is 5.78 Å². The van der Waals surface area contributed by atoms with Gasteiger partial charge in [0, 0.05) is 44.6 Å². The van der Waals surface area contributed by atoms with E-state index in [0.29, 0.717) is 31.7 Å². The number of benzene rings is 2. The third-order valence-corrected chi connectivity index (χ3v) is 5.05. The second kappa shape index (κ2) is 8.17. The van der Waals surface area contributed by atoms with Gasteiger partial charge < -0.3 is 9.80 Å². The Morgan fingerprint density at radius 3 is 2.25 bits per heavy atom. The van der Waals surface area contributed by atoms with Gasteiger partial charge in [0.1, 0.15) is 5.82 Å². The lowest BCUT2D eigenvalue weighted by atomic mass is 10.1. The zero-order valence-electron chi connectivity index (χ0n) is 15.6. The average molecular weight is 374 g/mol. The summed E-state index contributed by atoms with van der Waals surface area (Å²) in [5.41, 5.74) is 2.41. The fourth-order valence-corrected chi connectivity index (χ4v) is 3.43. The largest absolute Gasteiger partial charge is 0.352 e. The molecule has 2 heterocycles. The molecule has 3 aromatic rings. The first-order valence-corrected chi connectivity index (χ1v) is 9.53. The van der Waals surface area contributed by atoms with Gasteiger partial charge in [-0.2, -0.15) is 0 Å². The number of carbonyl (C=O) groups is 2. The molecule has 0 radical (unpaired) electrons. The van der Waals surface area contributed by atoms with Crippen molar-refractivity contribution >= 4 is 28.5 Å². The molecule has 6 heteroatoms. The number of ketones is 1. The number of amides is 1. The highest BCUT2D eigenvalue weighted by Crippen LogP contribution is 2.17. The van der Waals surface area contributed by atoms with Crippen molar-refractivity contribution in [2.45, 2.75) is 12.8 Å². The second-order valence-corrected chi connectivity index (χ2v) is 6.87. The van der Waals surface area contributed by atoms with Gasteiger partial charge >= 0.3 is 0 Å². The molecule has 0 bridgehead atoms. The van der Waals surface area contributed by atoms with Crippen molar-refractivity contribution < 1.29 is 9.59 Å². The van der Waals surface area contributed by atoms with Crippen LogP contribution >= 0.6 is 0 Å². The highest BCUT2D eigenvalue weighted by molar-refractivity contribution is 5.97. The third kappa shape index (κ3) is 4.01. The highest BCUT2D eigenvalue weighted by atomic mass is 16.2. The van der Waals surface area contributed by atoms with Crippen molar-refractivity contribution in [3.63, 3.8) is 0 Å². The summed E-state index contributed by atoms with van der Waals surface area (Å²) in [4.78, 5) is 37.8. The maximum Gasteiger partial charge on any atom is 0.223 e. The van der Waals surface area contributed by atoms with E-state index in [1.165, 1.54) is 0 Å². The summed E-state index contributed by atoms with van der Waals surface area (Å²) in [6, 6.07) is 16.9. The van der Waals surface area contributed by atoms with Gasteiger partial charge in [-0.15, -0.1) is 0 Å². The summed E-state index contributed by atoms with van der Waals surface area (Å²) in [6.45, 7) is 2.69. The molecule has 1 amide bonds. The summed E-state index contributed by atoms with van der Waals surface area (Å²) >= 11 is 0. The average Bonchev–Trinajstić information content (AvgIpc) is 2.77. The van der Waals surface area contributed by atoms with Crippen molar-refractivity contribution in [2.75, 3.05) is 31.1 Å². The van der Waals surface area contributed by atoms with Crippen LogP contribution in [-0.4, -0.2) is 52.7 Å². The maximum atomic E-state index is 12.5. The van der Waals surface area contributed by atoms with Crippen LogP contribution in [-0.2, 0) is 4.79 Å². The van der Waals surface area contributed by atoms with E-state index in [9.17, 15) is 9.59 Å². The molecule has 28 heavy (non-hydrogen) atoms. The van der Waals surface area contributed by atoms with Crippen molar-refractivity contribution in [1.82, 2.24) is 14.9 Å². The van der Waals surface area contributed by atoms with Gasteiger partial charge in [0.05, 0.1) is 17.2 Å². The number of fused-ring (bicyclic) bond motifs is 1. The first-order chi connectivity index (χ1) is 13.7. The number of hydrogen-bond donors (Lipinski definition) is 0. The zero-order chi connectivity index (χ0) is 19.3. The summed E-state index contributed by atoms with van der Waals surface area (Å²) in [5, 5.41) is 0. The Bertz CT molecular complexity index is 982. The van der Waals surface area contributed by atoms with Crippen molar-refractivity contribution in [3.05, 3.63) is 66.4 Å². The number of rotatable bonds is 5. The molecule has 0 atom stereocenters. The lowest BCUT2D eigenvalue weighted by Gasteiger charge is -2.35. The molecular formula is C22H22N4O2. The van der Waals surface area contributed by atoms with Gasteiger partial charge in [-0.25, -0.2) is 4.98 Å². The van der Waals surface area contributed by atoms with E-state index in [2.05, 4.69) is 14.9 Å².